The van der Waals surface area contributed by atoms with E-state index >= 15 is 0 Å². The summed E-state index contributed by atoms with van der Waals surface area (Å²) in [5.74, 6) is -0.573. The van der Waals surface area contributed by atoms with Gasteiger partial charge in [-0.1, -0.05) is 17.2 Å². The van der Waals surface area contributed by atoms with Crippen LogP contribution in [0.4, 0.5) is 35.5 Å². The van der Waals surface area contributed by atoms with Gasteiger partial charge in [0, 0.05) is 13.1 Å². The molecule has 2 aromatic carbocycles. The first-order chi connectivity index (χ1) is 17.3. The Kier molecular flexibility index (Phi) is 7.53. The molecular weight excluding hydrogens is 513 g/mol. The van der Waals surface area contributed by atoms with Gasteiger partial charge in [-0.05, 0) is 48.4 Å². The van der Waals surface area contributed by atoms with E-state index in [1.807, 2.05) is 0 Å². The van der Waals surface area contributed by atoms with Crippen LogP contribution in [0.3, 0.4) is 0 Å². The van der Waals surface area contributed by atoms with Crippen LogP contribution in [0.1, 0.15) is 41.3 Å². The van der Waals surface area contributed by atoms with Crippen LogP contribution in [-0.2, 0) is 21.8 Å². The molecule has 1 unspecified atom stereocenters. The molecule has 0 radical (unpaired) electrons. The highest BCUT2D eigenvalue weighted by Gasteiger charge is 2.40. The fourth-order valence-electron chi connectivity index (χ4n) is 4.19. The fourth-order valence-corrected chi connectivity index (χ4v) is 4.19. The molecule has 2 heterocycles. The largest absolute Gasteiger partial charge is 0.416 e. The second kappa shape index (κ2) is 10.3. The Morgan fingerprint density at radius 3 is 2.35 bits per heavy atom. The highest BCUT2D eigenvalue weighted by molar-refractivity contribution is 5.75. The van der Waals surface area contributed by atoms with Crippen molar-refractivity contribution in [3.63, 3.8) is 0 Å². The van der Waals surface area contributed by atoms with Gasteiger partial charge in [-0.25, -0.2) is 9.18 Å². The predicted molar refractivity (Wildman–Crippen MR) is 114 cm³/mol. The van der Waals surface area contributed by atoms with Gasteiger partial charge in [0.1, 0.15) is 5.82 Å². The molecule has 0 aliphatic carbocycles. The molecule has 14 heteroatoms. The second-order valence-electron chi connectivity index (χ2n) is 8.53. The Bertz CT molecular complexity index is 1140. The van der Waals surface area contributed by atoms with Gasteiger partial charge in [0.2, 0.25) is 0 Å². The third-order valence-corrected chi connectivity index (χ3v) is 5.91. The van der Waals surface area contributed by atoms with Crippen LogP contribution >= 0.6 is 0 Å². The zero-order chi connectivity index (χ0) is 27.0. The first kappa shape index (κ1) is 26.9. The van der Waals surface area contributed by atoms with E-state index in [4.69, 9.17) is 9.47 Å². The average molecular weight is 534 g/mol. The Morgan fingerprint density at radius 2 is 1.78 bits per heavy atom. The lowest BCUT2D eigenvalue weighted by atomic mass is 10.0. The number of nitrogens with one attached hydrogen (secondary N) is 1. The van der Waals surface area contributed by atoms with E-state index in [0.717, 1.165) is 0 Å². The molecule has 0 spiro atoms. The number of benzene rings is 2. The molecule has 7 nitrogen and oxygen atoms in total. The number of urea groups is 1. The molecule has 4 atom stereocenters. The van der Waals surface area contributed by atoms with Crippen molar-refractivity contribution in [2.45, 2.75) is 43.9 Å². The lowest BCUT2D eigenvalue weighted by molar-refractivity contribution is -0.230. The summed E-state index contributed by atoms with van der Waals surface area (Å²) in [4.78, 5) is 13.2. The van der Waals surface area contributed by atoms with E-state index in [-0.39, 0.29) is 24.8 Å². The van der Waals surface area contributed by atoms with Crippen molar-refractivity contribution in [3.05, 3.63) is 70.5 Å². The van der Waals surface area contributed by atoms with Crippen molar-refractivity contribution in [3.8, 4) is 0 Å². The van der Waals surface area contributed by atoms with Gasteiger partial charge in [-0.2, -0.15) is 31.5 Å². The molecule has 200 valence electrons. The first-order valence-electron chi connectivity index (χ1n) is 11.1. The SMILES string of the molecule is C[C@@H](O[C@H]1OCCN(CC2N=NC(=O)N2)[C@H]1c1cccc(F)c1)c1cc(C(F)(F)F)cc(C(F)(F)F)c1. The number of azo groups is 1. The number of carbonyl (C=O) groups is 1. The molecule has 1 saturated heterocycles. The second-order valence-corrected chi connectivity index (χ2v) is 8.53. The molecule has 2 aromatic rings. The molecule has 0 aromatic heterocycles. The van der Waals surface area contributed by atoms with Crippen LogP contribution in [0.5, 0.6) is 0 Å². The van der Waals surface area contributed by atoms with E-state index in [1.54, 1.807) is 11.0 Å². The van der Waals surface area contributed by atoms with Crippen molar-refractivity contribution >= 4 is 6.03 Å². The third-order valence-electron chi connectivity index (χ3n) is 5.91. The van der Waals surface area contributed by atoms with Gasteiger partial charge >= 0.3 is 18.4 Å². The summed E-state index contributed by atoms with van der Waals surface area (Å²) >= 11 is 0. The minimum Gasteiger partial charge on any atom is -0.349 e. The average Bonchev–Trinajstić information content (AvgIpc) is 3.22. The molecule has 1 fully saturated rings. The van der Waals surface area contributed by atoms with Gasteiger partial charge in [0.15, 0.2) is 12.5 Å². The Hall–Kier alpha value is -3.10. The van der Waals surface area contributed by atoms with E-state index in [1.165, 1.54) is 25.1 Å². The monoisotopic (exact) mass is 534 g/mol. The van der Waals surface area contributed by atoms with E-state index in [2.05, 4.69) is 15.5 Å². The zero-order valence-electron chi connectivity index (χ0n) is 19.2. The maximum Gasteiger partial charge on any atom is 0.416 e. The molecule has 2 aliphatic heterocycles. The number of alkyl halides is 6. The third kappa shape index (κ3) is 6.43. The maximum absolute atomic E-state index is 14.1. The standard InChI is InChI=1S/C23H21F7N4O3/c1-12(14-7-15(22(25,26)27)10-16(8-14)23(28,29)30)37-20-19(13-3-2-4-17(24)9-13)34(5-6-36-20)11-18-31-21(35)33-32-18/h2-4,7-10,12,18-20H,5-6,11H2,1H3,(H,31,35)/t12-,18?,19+,20-/m1/s1. The smallest absolute Gasteiger partial charge is 0.349 e. The summed E-state index contributed by atoms with van der Waals surface area (Å²) in [7, 11) is 0. The Balaban J connectivity index is 1.64. The fraction of sp³-hybridized carbons (Fsp3) is 0.435. The molecule has 4 rings (SSSR count). The van der Waals surface area contributed by atoms with E-state index in [9.17, 15) is 35.5 Å². The van der Waals surface area contributed by atoms with E-state index in [0.29, 0.717) is 24.2 Å². The molecular formula is C23H21F7N4O3. The van der Waals surface area contributed by atoms with Crippen molar-refractivity contribution in [2.75, 3.05) is 19.7 Å². The van der Waals surface area contributed by atoms with Gasteiger partial charge in [0.25, 0.3) is 0 Å². The van der Waals surface area contributed by atoms with Crippen LogP contribution in [0, 0.1) is 5.82 Å². The zero-order valence-corrected chi connectivity index (χ0v) is 19.2. The topological polar surface area (TPSA) is 75.5 Å². The first-order valence-corrected chi connectivity index (χ1v) is 11.1. The lowest BCUT2D eigenvalue weighted by Crippen LogP contribution is -2.50. The number of amides is 2. The number of carbonyl (C=O) groups excluding carboxylic acids is 1. The van der Waals surface area contributed by atoms with Crippen molar-refractivity contribution in [1.29, 1.82) is 0 Å². The number of hydrogen-bond donors (Lipinski definition) is 1. The number of morpholine rings is 1. The quantitative estimate of drug-likeness (QED) is 0.473. The van der Waals surface area contributed by atoms with Gasteiger partial charge < -0.3 is 14.8 Å². The summed E-state index contributed by atoms with van der Waals surface area (Å²) in [6.07, 6.45) is -13.2. The minimum absolute atomic E-state index is 0.0368. The van der Waals surface area contributed by atoms with Crippen LogP contribution in [0.25, 0.3) is 0 Å². The number of ether oxygens (including phenoxy) is 2. The van der Waals surface area contributed by atoms with Gasteiger partial charge in [-0.3, -0.25) is 4.90 Å². The highest BCUT2D eigenvalue weighted by Crippen LogP contribution is 2.39. The van der Waals surface area contributed by atoms with Crippen LogP contribution in [0.15, 0.2) is 52.7 Å². The maximum atomic E-state index is 14.1. The summed E-state index contributed by atoms with van der Waals surface area (Å²) in [5.41, 5.74) is -2.91. The molecule has 0 bridgehead atoms. The van der Waals surface area contributed by atoms with Crippen LogP contribution < -0.4 is 5.32 Å². The van der Waals surface area contributed by atoms with Crippen LogP contribution in [0.2, 0.25) is 0 Å². The predicted octanol–water partition coefficient (Wildman–Crippen LogP) is 5.84. The summed E-state index contributed by atoms with van der Waals surface area (Å²) in [6, 6.07) is 5.21. The lowest BCUT2D eigenvalue weighted by Gasteiger charge is -2.42. The van der Waals surface area contributed by atoms with Crippen molar-refractivity contribution < 1.29 is 45.0 Å². The summed E-state index contributed by atoms with van der Waals surface area (Å²) < 4.78 is 106. The molecule has 37 heavy (non-hydrogen) atoms. The Morgan fingerprint density at radius 1 is 1.11 bits per heavy atom. The van der Waals surface area contributed by atoms with Crippen molar-refractivity contribution in [1.82, 2.24) is 10.2 Å². The molecule has 0 saturated carbocycles. The summed E-state index contributed by atoms with van der Waals surface area (Å²) in [5, 5.41) is 9.73. The van der Waals surface area contributed by atoms with Crippen molar-refractivity contribution in [2.24, 2.45) is 10.2 Å². The molecule has 2 amide bonds. The normalized spacial score (nSPS) is 23.8. The molecule has 1 N–H and O–H groups in total. The van der Waals surface area contributed by atoms with Gasteiger partial charge in [-0.15, -0.1) is 0 Å². The number of rotatable bonds is 6. The van der Waals surface area contributed by atoms with E-state index < -0.39 is 59.9 Å². The number of hydrogen-bond acceptors (Lipinski definition) is 5. The molecule has 2 aliphatic rings. The highest BCUT2D eigenvalue weighted by atomic mass is 19.4. The summed E-state index contributed by atoms with van der Waals surface area (Å²) in [6.45, 7) is 1.79. The number of halogens is 7. The minimum atomic E-state index is -5.02. The number of nitrogens with zero attached hydrogens (tertiary/aromatic N) is 3. The van der Waals surface area contributed by atoms with Crippen LogP contribution in [-0.4, -0.2) is 43.1 Å². The Labute approximate surface area is 206 Å². The van der Waals surface area contributed by atoms with Gasteiger partial charge in [0.05, 0.1) is 29.9 Å².